The number of hydrogen-bond donors (Lipinski definition) is 2. The van der Waals surface area contributed by atoms with Crippen molar-refractivity contribution in [2.75, 3.05) is 6.54 Å². The van der Waals surface area contributed by atoms with Crippen molar-refractivity contribution in [3.63, 3.8) is 0 Å². The van der Waals surface area contributed by atoms with Crippen LogP contribution < -0.4 is 5.73 Å². The van der Waals surface area contributed by atoms with Crippen LogP contribution in [-0.2, 0) is 0 Å². The van der Waals surface area contributed by atoms with Gasteiger partial charge in [0, 0.05) is 18.6 Å². The third-order valence-electron chi connectivity index (χ3n) is 3.37. The highest BCUT2D eigenvalue weighted by atomic mass is 35.5. The van der Waals surface area contributed by atoms with Crippen LogP contribution in [0.15, 0.2) is 6.07 Å². The van der Waals surface area contributed by atoms with E-state index in [1.165, 1.54) is 0 Å². The van der Waals surface area contributed by atoms with Gasteiger partial charge in [-0.25, -0.2) is 0 Å². The molecule has 1 amide bonds. The number of nitrogens with one attached hydrogen (secondary N) is 1. The van der Waals surface area contributed by atoms with E-state index in [0.717, 1.165) is 25.8 Å². The molecule has 1 saturated heterocycles. The molecule has 18 heavy (non-hydrogen) atoms. The number of rotatable bonds is 2. The first-order valence-corrected chi connectivity index (χ1v) is 6.87. The maximum Gasteiger partial charge on any atom is 0.270 e. The van der Waals surface area contributed by atoms with Crippen LogP contribution in [0.2, 0.25) is 10.2 Å². The number of carbonyl (C=O) groups excluding carboxylic acids is 1. The number of H-pyrrole nitrogens is 1. The summed E-state index contributed by atoms with van der Waals surface area (Å²) in [6.07, 6.45) is 3.07. The standard InChI is InChI=1S/C12H17Cl2N3O/c1-7(15)10-4-2-3-5-17(10)12(18)9-6-8(13)11(14)16-9/h6-7,10,16H,2-5,15H2,1H3. The summed E-state index contributed by atoms with van der Waals surface area (Å²) in [4.78, 5) is 17.0. The van der Waals surface area contributed by atoms with Crippen LogP contribution in [0, 0.1) is 0 Å². The zero-order chi connectivity index (χ0) is 13.3. The SMILES string of the molecule is CC(N)C1CCCCN1C(=O)c1cc(Cl)c(Cl)[nH]1. The van der Waals surface area contributed by atoms with Gasteiger partial charge in [-0.05, 0) is 32.3 Å². The first kappa shape index (κ1) is 13.7. The average Bonchev–Trinajstić information content (AvgIpc) is 2.68. The molecule has 4 nitrogen and oxygen atoms in total. The van der Waals surface area contributed by atoms with Crippen molar-refractivity contribution < 1.29 is 4.79 Å². The number of aromatic nitrogens is 1. The number of piperidine rings is 1. The number of amides is 1. The fourth-order valence-electron chi connectivity index (χ4n) is 2.43. The molecule has 1 aliphatic heterocycles. The Labute approximate surface area is 116 Å². The molecule has 1 aromatic rings. The molecule has 1 fully saturated rings. The highest BCUT2D eigenvalue weighted by Crippen LogP contribution is 2.25. The molecular formula is C12H17Cl2N3O. The predicted molar refractivity (Wildman–Crippen MR) is 73.1 cm³/mol. The minimum absolute atomic E-state index is 0.0323. The van der Waals surface area contributed by atoms with Gasteiger partial charge in [0.05, 0.1) is 5.02 Å². The van der Waals surface area contributed by atoms with Gasteiger partial charge < -0.3 is 15.6 Å². The van der Waals surface area contributed by atoms with Crippen LogP contribution in [0.3, 0.4) is 0 Å². The zero-order valence-electron chi connectivity index (χ0n) is 10.2. The van der Waals surface area contributed by atoms with Crippen molar-refractivity contribution in [1.82, 2.24) is 9.88 Å². The van der Waals surface area contributed by atoms with Gasteiger partial charge in [-0.2, -0.15) is 0 Å². The van der Waals surface area contributed by atoms with E-state index in [1.807, 2.05) is 11.8 Å². The van der Waals surface area contributed by atoms with Crippen molar-refractivity contribution in [1.29, 1.82) is 0 Å². The van der Waals surface area contributed by atoms with Gasteiger partial charge >= 0.3 is 0 Å². The molecule has 2 unspecified atom stereocenters. The second-order valence-corrected chi connectivity index (χ2v) is 5.55. The highest BCUT2D eigenvalue weighted by molar-refractivity contribution is 6.41. The molecule has 0 bridgehead atoms. The van der Waals surface area contributed by atoms with Gasteiger partial charge in [-0.15, -0.1) is 0 Å². The van der Waals surface area contributed by atoms with Gasteiger partial charge in [-0.3, -0.25) is 4.79 Å². The van der Waals surface area contributed by atoms with E-state index in [1.54, 1.807) is 6.07 Å². The fourth-order valence-corrected chi connectivity index (χ4v) is 2.74. The molecule has 2 rings (SSSR count). The van der Waals surface area contributed by atoms with E-state index in [0.29, 0.717) is 15.9 Å². The number of nitrogens with zero attached hydrogens (tertiary/aromatic N) is 1. The Kier molecular flexibility index (Phi) is 4.20. The predicted octanol–water partition coefficient (Wildman–Crippen LogP) is 2.66. The van der Waals surface area contributed by atoms with Crippen LogP contribution in [0.1, 0.15) is 36.7 Å². The highest BCUT2D eigenvalue weighted by Gasteiger charge is 2.30. The molecule has 0 aliphatic carbocycles. The largest absolute Gasteiger partial charge is 0.340 e. The monoisotopic (exact) mass is 289 g/mol. The molecule has 6 heteroatoms. The topological polar surface area (TPSA) is 62.1 Å². The summed E-state index contributed by atoms with van der Waals surface area (Å²) in [6, 6.07) is 1.63. The lowest BCUT2D eigenvalue weighted by atomic mass is 9.96. The van der Waals surface area contributed by atoms with Gasteiger partial charge in [0.2, 0.25) is 0 Å². The average molecular weight is 290 g/mol. The summed E-state index contributed by atoms with van der Waals surface area (Å²) in [5.41, 5.74) is 6.38. The van der Waals surface area contributed by atoms with Gasteiger partial charge in [0.1, 0.15) is 10.8 Å². The van der Waals surface area contributed by atoms with Gasteiger partial charge in [0.15, 0.2) is 0 Å². The lowest BCUT2D eigenvalue weighted by Gasteiger charge is -2.37. The van der Waals surface area contributed by atoms with E-state index in [4.69, 9.17) is 28.9 Å². The molecule has 1 aromatic heterocycles. The Balaban J connectivity index is 2.20. The van der Waals surface area contributed by atoms with Gasteiger partial charge in [0.25, 0.3) is 5.91 Å². The van der Waals surface area contributed by atoms with E-state index >= 15 is 0 Å². The van der Waals surface area contributed by atoms with E-state index in [2.05, 4.69) is 4.98 Å². The van der Waals surface area contributed by atoms with Crippen LogP contribution in [0.4, 0.5) is 0 Å². The third-order valence-corrected chi connectivity index (χ3v) is 4.07. The summed E-state index contributed by atoms with van der Waals surface area (Å²) < 4.78 is 0. The Morgan fingerprint density at radius 1 is 1.56 bits per heavy atom. The molecule has 0 spiro atoms. The van der Waals surface area contributed by atoms with E-state index in [9.17, 15) is 4.79 Å². The van der Waals surface area contributed by atoms with E-state index in [-0.39, 0.29) is 18.0 Å². The first-order valence-electron chi connectivity index (χ1n) is 6.11. The second kappa shape index (κ2) is 5.51. The smallest absolute Gasteiger partial charge is 0.270 e. The maximum absolute atomic E-state index is 12.4. The first-order chi connectivity index (χ1) is 8.50. The van der Waals surface area contributed by atoms with Crippen molar-refractivity contribution in [3.05, 3.63) is 21.9 Å². The molecule has 100 valence electrons. The summed E-state index contributed by atoms with van der Waals surface area (Å²) in [5, 5.41) is 0.670. The molecular weight excluding hydrogens is 273 g/mol. The molecule has 2 atom stereocenters. The van der Waals surface area contributed by atoms with Crippen molar-refractivity contribution in [2.24, 2.45) is 5.73 Å². The summed E-state index contributed by atoms with van der Waals surface area (Å²) in [7, 11) is 0. The molecule has 2 heterocycles. The molecule has 3 N–H and O–H groups in total. The molecule has 0 radical (unpaired) electrons. The number of likely N-dealkylation sites (tertiary alicyclic amines) is 1. The minimum Gasteiger partial charge on any atom is -0.340 e. The summed E-state index contributed by atoms with van der Waals surface area (Å²) in [6.45, 7) is 2.67. The number of aromatic amines is 1. The number of nitrogens with two attached hydrogens (primary N) is 1. The Morgan fingerprint density at radius 3 is 2.83 bits per heavy atom. The lowest BCUT2D eigenvalue weighted by molar-refractivity contribution is 0.0578. The molecule has 0 aromatic carbocycles. The number of hydrogen-bond acceptors (Lipinski definition) is 2. The summed E-state index contributed by atoms with van der Waals surface area (Å²) >= 11 is 11.7. The van der Waals surface area contributed by atoms with Crippen LogP contribution in [-0.4, -0.2) is 34.4 Å². The molecule has 1 aliphatic rings. The lowest BCUT2D eigenvalue weighted by Crippen LogP contribution is -2.51. The van der Waals surface area contributed by atoms with Crippen LogP contribution >= 0.6 is 23.2 Å². The van der Waals surface area contributed by atoms with Crippen LogP contribution in [0.25, 0.3) is 0 Å². The number of carbonyl (C=O) groups is 1. The maximum atomic E-state index is 12.4. The summed E-state index contributed by atoms with van der Waals surface area (Å²) in [5.74, 6) is -0.0780. The van der Waals surface area contributed by atoms with Gasteiger partial charge in [-0.1, -0.05) is 23.2 Å². The van der Waals surface area contributed by atoms with Crippen molar-refractivity contribution in [2.45, 2.75) is 38.3 Å². The van der Waals surface area contributed by atoms with Crippen molar-refractivity contribution >= 4 is 29.1 Å². The quantitative estimate of drug-likeness (QED) is 0.879. The fraction of sp³-hybridized carbons (Fsp3) is 0.583. The Hall–Kier alpha value is -0.710. The second-order valence-electron chi connectivity index (χ2n) is 4.77. The third kappa shape index (κ3) is 2.66. The zero-order valence-corrected chi connectivity index (χ0v) is 11.8. The Bertz CT molecular complexity index is 425. The van der Waals surface area contributed by atoms with Crippen LogP contribution in [0.5, 0.6) is 0 Å². The molecule has 0 saturated carbocycles. The normalized spacial score (nSPS) is 22.0. The van der Waals surface area contributed by atoms with E-state index < -0.39 is 0 Å². The van der Waals surface area contributed by atoms with Crippen molar-refractivity contribution in [3.8, 4) is 0 Å². The minimum atomic E-state index is -0.0780. The Morgan fingerprint density at radius 2 is 2.28 bits per heavy atom. The number of halogens is 2.